The van der Waals surface area contributed by atoms with Crippen LogP contribution in [0.15, 0.2) is 18.5 Å². The largest absolute Gasteiger partial charge is 0.383 e. The van der Waals surface area contributed by atoms with E-state index in [1.54, 1.807) is 6.07 Å². The predicted octanol–water partition coefficient (Wildman–Crippen LogP) is 2.17. The van der Waals surface area contributed by atoms with Crippen molar-refractivity contribution in [3.63, 3.8) is 0 Å². The fraction of sp³-hybridized carbons (Fsp3) is 0.111. The lowest BCUT2D eigenvalue weighted by Gasteiger charge is -2.02. The van der Waals surface area contributed by atoms with E-state index in [4.69, 9.17) is 17.3 Å². The highest BCUT2D eigenvalue weighted by Crippen LogP contribution is 2.24. The summed E-state index contributed by atoms with van der Waals surface area (Å²) in [6.07, 6.45) is 1.45. The predicted molar refractivity (Wildman–Crippen MR) is 53.7 cm³/mol. The molecule has 0 atom stereocenters. The molecule has 1 heterocycles. The molecule has 0 saturated carbocycles. The van der Waals surface area contributed by atoms with Crippen molar-refractivity contribution in [3.05, 3.63) is 29.0 Å². The van der Waals surface area contributed by atoms with E-state index in [0.29, 0.717) is 10.8 Å². The molecule has 2 aromatic rings. The summed E-state index contributed by atoms with van der Waals surface area (Å²) < 4.78 is 0. The number of rotatable bonds is 0. The van der Waals surface area contributed by atoms with Gasteiger partial charge < -0.3 is 5.73 Å². The van der Waals surface area contributed by atoms with Gasteiger partial charge in [0.2, 0.25) is 0 Å². The maximum atomic E-state index is 5.95. The van der Waals surface area contributed by atoms with Gasteiger partial charge in [-0.25, -0.2) is 9.97 Å². The lowest BCUT2D eigenvalue weighted by molar-refractivity contribution is 1.23. The van der Waals surface area contributed by atoms with Gasteiger partial charge in [0.1, 0.15) is 12.1 Å². The molecule has 66 valence electrons. The van der Waals surface area contributed by atoms with Crippen LogP contribution < -0.4 is 5.73 Å². The van der Waals surface area contributed by atoms with E-state index in [1.165, 1.54) is 6.33 Å². The number of nitrogens with zero attached hydrogens (tertiary/aromatic N) is 2. The summed E-state index contributed by atoms with van der Waals surface area (Å²) >= 11 is 5.95. The zero-order valence-corrected chi connectivity index (χ0v) is 7.84. The molecule has 0 amide bonds. The van der Waals surface area contributed by atoms with Crippen LogP contribution in [0.4, 0.5) is 5.82 Å². The first kappa shape index (κ1) is 8.26. The maximum absolute atomic E-state index is 5.95. The van der Waals surface area contributed by atoms with Crippen molar-refractivity contribution in [1.29, 1.82) is 0 Å². The third-order valence-electron chi connectivity index (χ3n) is 1.95. The van der Waals surface area contributed by atoms with Crippen molar-refractivity contribution in [3.8, 4) is 0 Å². The van der Waals surface area contributed by atoms with E-state index in [-0.39, 0.29) is 0 Å². The Labute approximate surface area is 80.6 Å². The molecule has 0 aliphatic heterocycles. The fourth-order valence-electron chi connectivity index (χ4n) is 1.20. The van der Waals surface area contributed by atoms with Crippen LogP contribution in [0.3, 0.4) is 0 Å². The number of hydrogen-bond donors (Lipinski definition) is 1. The molecular formula is C9H8ClN3. The summed E-state index contributed by atoms with van der Waals surface area (Å²) in [6, 6.07) is 3.69. The first-order valence-electron chi connectivity index (χ1n) is 3.85. The van der Waals surface area contributed by atoms with Gasteiger partial charge in [-0.05, 0) is 24.6 Å². The van der Waals surface area contributed by atoms with E-state index in [0.717, 1.165) is 16.5 Å². The van der Waals surface area contributed by atoms with E-state index in [9.17, 15) is 0 Å². The highest BCUT2D eigenvalue weighted by molar-refractivity contribution is 6.32. The van der Waals surface area contributed by atoms with Crippen LogP contribution in [0.25, 0.3) is 10.9 Å². The minimum Gasteiger partial charge on any atom is -0.383 e. The lowest BCUT2D eigenvalue weighted by atomic mass is 10.1. The normalized spacial score (nSPS) is 10.6. The molecule has 0 aliphatic rings. The molecule has 13 heavy (non-hydrogen) atoms. The Morgan fingerprint density at radius 3 is 2.85 bits per heavy atom. The smallest absolute Gasteiger partial charge is 0.134 e. The second-order valence-corrected chi connectivity index (χ2v) is 3.28. The summed E-state index contributed by atoms with van der Waals surface area (Å²) in [6.45, 7) is 1.93. The summed E-state index contributed by atoms with van der Waals surface area (Å²) in [7, 11) is 0. The van der Waals surface area contributed by atoms with Gasteiger partial charge in [0.15, 0.2) is 0 Å². The molecule has 1 aromatic heterocycles. The van der Waals surface area contributed by atoms with Crippen LogP contribution in [-0.4, -0.2) is 9.97 Å². The number of aryl methyl sites for hydroxylation is 1. The number of anilines is 1. The van der Waals surface area contributed by atoms with Gasteiger partial charge in [0, 0.05) is 10.4 Å². The van der Waals surface area contributed by atoms with Crippen molar-refractivity contribution in [2.45, 2.75) is 6.92 Å². The number of fused-ring (bicyclic) bond motifs is 1. The number of hydrogen-bond acceptors (Lipinski definition) is 3. The Balaban J connectivity index is 2.89. The summed E-state index contributed by atoms with van der Waals surface area (Å²) in [5.74, 6) is 0.465. The molecule has 3 nitrogen and oxygen atoms in total. The van der Waals surface area contributed by atoms with Crippen LogP contribution in [-0.2, 0) is 0 Å². The van der Waals surface area contributed by atoms with Crippen LogP contribution >= 0.6 is 11.6 Å². The zero-order valence-electron chi connectivity index (χ0n) is 7.08. The maximum Gasteiger partial charge on any atom is 0.134 e. The molecule has 2 N–H and O–H groups in total. The van der Waals surface area contributed by atoms with Crippen molar-refractivity contribution >= 4 is 28.3 Å². The Kier molecular flexibility index (Phi) is 1.81. The standard InChI is InChI=1S/C9H8ClN3/c1-5-2-8-6(3-7(5)10)9(11)13-4-12-8/h2-4H,1H3,(H2,11,12,13). The Bertz CT molecular complexity index is 468. The van der Waals surface area contributed by atoms with Gasteiger partial charge in [0.25, 0.3) is 0 Å². The molecule has 1 aromatic carbocycles. The Morgan fingerprint density at radius 2 is 2.08 bits per heavy atom. The van der Waals surface area contributed by atoms with E-state index >= 15 is 0 Å². The SMILES string of the molecule is Cc1cc2ncnc(N)c2cc1Cl. The molecule has 0 saturated heterocycles. The average Bonchev–Trinajstić information content (AvgIpc) is 2.09. The number of nitrogen functional groups attached to an aromatic ring is 1. The van der Waals surface area contributed by atoms with Crippen molar-refractivity contribution in [1.82, 2.24) is 9.97 Å². The second kappa shape index (κ2) is 2.85. The summed E-state index contributed by atoms with van der Waals surface area (Å²) in [5, 5.41) is 1.49. The lowest BCUT2D eigenvalue weighted by Crippen LogP contribution is -1.93. The van der Waals surface area contributed by atoms with E-state index < -0.39 is 0 Å². The first-order valence-corrected chi connectivity index (χ1v) is 4.22. The molecule has 0 unspecified atom stereocenters. The van der Waals surface area contributed by atoms with Gasteiger partial charge in [-0.15, -0.1) is 0 Å². The number of benzene rings is 1. The topological polar surface area (TPSA) is 51.8 Å². The minimum absolute atomic E-state index is 0.465. The highest BCUT2D eigenvalue weighted by Gasteiger charge is 2.03. The fourth-order valence-corrected chi connectivity index (χ4v) is 1.36. The Morgan fingerprint density at radius 1 is 1.31 bits per heavy atom. The van der Waals surface area contributed by atoms with Crippen LogP contribution in [0, 0.1) is 6.92 Å². The highest BCUT2D eigenvalue weighted by atomic mass is 35.5. The van der Waals surface area contributed by atoms with Gasteiger partial charge in [-0.2, -0.15) is 0 Å². The van der Waals surface area contributed by atoms with Crippen LogP contribution in [0.2, 0.25) is 5.02 Å². The molecule has 0 radical (unpaired) electrons. The minimum atomic E-state index is 0.465. The molecule has 2 rings (SSSR count). The van der Waals surface area contributed by atoms with Gasteiger partial charge in [-0.1, -0.05) is 11.6 Å². The summed E-state index contributed by atoms with van der Waals surface area (Å²) in [4.78, 5) is 7.98. The number of halogens is 1. The third-order valence-corrected chi connectivity index (χ3v) is 2.35. The summed E-state index contributed by atoms with van der Waals surface area (Å²) in [5.41, 5.74) is 7.49. The van der Waals surface area contributed by atoms with E-state index in [1.807, 2.05) is 13.0 Å². The molecule has 0 fully saturated rings. The number of aromatic nitrogens is 2. The third kappa shape index (κ3) is 1.31. The second-order valence-electron chi connectivity index (χ2n) is 2.88. The zero-order chi connectivity index (χ0) is 9.42. The molecular weight excluding hydrogens is 186 g/mol. The van der Waals surface area contributed by atoms with Crippen LogP contribution in [0.1, 0.15) is 5.56 Å². The quantitative estimate of drug-likeness (QED) is 0.698. The molecule has 0 spiro atoms. The van der Waals surface area contributed by atoms with Gasteiger partial charge in [-0.3, -0.25) is 0 Å². The first-order chi connectivity index (χ1) is 6.18. The average molecular weight is 194 g/mol. The monoisotopic (exact) mass is 193 g/mol. The van der Waals surface area contributed by atoms with Crippen molar-refractivity contribution < 1.29 is 0 Å². The van der Waals surface area contributed by atoms with Crippen molar-refractivity contribution in [2.24, 2.45) is 0 Å². The van der Waals surface area contributed by atoms with E-state index in [2.05, 4.69) is 9.97 Å². The molecule has 0 aliphatic carbocycles. The van der Waals surface area contributed by atoms with Crippen LogP contribution in [0.5, 0.6) is 0 Å². The Hall–Kier alpha value is -1.35. The molecule has 0 bridgehead atoms. The number of nitrogens with two attached hydrogens (primary N) is 1. The van der Waals surface area contributed by atoms with Gasteiger partial charge in [0.05, 0.1) is 5.52 Å². The molecule has 4 heteroatoms. The van der Waals surface area contributed by atoms with Gasteiger partial charge >= 0.3 is 0 Å². The van der Waals surface area contributed by atoms with Crippen molar-refractivity contribution in [2.75, 3.05) is 5.73 Å².